The highest BCUT2D eigenvalue weighted by Gasteiger charge is 2.26. The van der Waals surface area contributed by atoms with Crippen molar-refractivity contribution in [2.24, 2.45) is 11.7 Å². The van der Waals surface area contributed by atoms with Gasteiger partial charge in [-0.15, -0.1) is 0 Å². The second-order valence-electron chi connectivity index (χ2n) is 4.65. The fourth-order valence-electron chi connectivity index (χ4n) is 2.17. The highest BCUT2D eigenvalue weighted by molar-refractivity contribution is 7.80. The number of hydrogen-bond donors (Lipinski definition) is 1. The molecule has 17 heavy (non-hydrogen) atoms. The van der Waals surface area contributed by atoms with Crippen LogP contribution in [0.4, 0.5) is 0 Å². The first-order valence-electron chi connectivity index (χ1n) is 5.73. The third-order valence-corrected chi connectivity index (χ3v) is 3.23. The largest absolute Gasteiger partial charge is 0.389 e. The number of carbonyl (C=O) groups is 1. The Hall–Kier alpha value is -1.42. The van der Waals surface area contributed by atoms with E-state index in [1.807, 2.05) is 29.2 Å². The topological polar surface area (TPSA) is 46.3 Å². The molecule has 1 saturated heterocycles. The quantitative estimate of drug-likeness (QED) is 0.828. The monoisotopic (exact) mass is 248 g/mol. The normalized spacial score (nSPS) is 19.7. The van der Waals surface area contributed by atoms with Gasteiger partial charge in [-0.05, 0) is 17.5 Å². The van der Waals surface area contributed by atoms with Gasteiger partial charge in [0, 0.05) is 25.1 Å². The summed E-state index contributed by atoms with van der Waals surface area (Å²) in [5.74, 6) is 0.694. The fraction of sp³-hybridized carbons (Fsp3) is 0.385. The van der Waals surface area contributed by atoms with Gasteiger partial charge < -0.3 is 10.6 Å². The third-order valence-electron chi connectivity index (χ3n) is 2.99. The summed E-state index contributed by atoms with van der Waals surface area (Å²) in [6.45, 7) is 3.60. The molecule has 0 spiro atoms. The van der Waals surface area contributed by atoms with Crippen LogP contribution in [0.15, 0.2) is 24.3 Å². The van der Waals surface area contributed by atoms with Gasteiger partial charge in [-0.25, -0.2) is 0 Å². The van der Waals surface area contributed by atoms with Crippen molar-refractivity contribution in [1.29, 1.82) is 0 Å². The smallest absolute Gasteiger partial charge is 0.223 e. The van der Waals surface area contributed by atoms with Crippen molar-refractivity contribution < 1.29 is 4.79 Å². The standard InChI is InChI=1S/C13H16N2OS/c1-9-5-12(16)15(7-9)8-10-3-2-4-11(6-10)13(14)17/h2-4,6,9H,5,7-8H2,1H3,(H2,14,17). The van der Waals surface area contributed by atoms with E-state index in [4.69, 9.17) is 18.0 Å². The zero-order valence-electron chi connectivity index (χ0n) is 9.85. The van der Waals surface area contributed by atoms with Gasteiger partial charge in [0.15, 0.2) is 0 Å². The molecule has 1 fully saturated rings. The van der Waals surface area contributed by atoms with Crippen molar-refractivity contribution in [3.8, 4) is 0 Å². The lowest BCUT2D eigenvalue weighted by Gasteiger charge is -2.16. The lowest BCUT2D eigenvalue weighted by Crippen LogP contribution is -2.24. The molecule has 0 saturated carbocycles. The van der Waals surface area contributed by atoms with E-state index < -0.39 is 0 Å². The van der Waals surface area contributed by atoms with Crippen molar-refractivity contribution in [2.45, 2.75) is 19.9 Å². The number of amides is 1. The van der Waals surface area contributed by atoms with Crippen LogP contribution < -0.4 is 5.73 Å². The lowest BCUT2D eigenvalue weighted by molar-refractivity contribution is -0.128. The minimum Gasteiger partial charge on any atom is -0.389 e. The molecule has 4 heteroatoms. The predicted octanol–water partition coefficient (Wildman–Crippen LogP) is 1.69. The van der Waals surface area contributed by atoms with Crippen LogP contribution in [0.25, 0.3) is 0 Å². The Labute approximate surface area is 107 Å². The average molecular weight is 248 g/mol. The highest BCUT2D eigenvalue weighted by atomic mass is 32.1. The zero-order valence-corrected chi connectivity index (χ0v) is 10.7. The van der Waals surface area contributed by atoms with Gasteiger partial charge in [0.1, 0.15) is 4.99 Å². The Morgan fingerprint density at radius 2 is 2.35 bits per heavy atom. The van der Waals surface area contributed by atoms with E-state index in [2.05, 4.69) is 6.92 Å². The summed E-state index contributed by atoms with van der Waals surface area (Å²) < 4.78 is 0. The summed E-state index contributed by atoms with van der Waals surface area (Å²) >= 11 is 4.94. The molecule has 1 aromatic carbocycles. The van der Waals surface area contributed by atoms with Gasteiger partial charge in [0.25, 0.3) is 0 Å². The summed E-state index contributed by atoms with van der Waals surface area (Å²) in [5, 5.41) is 0. The number of carbonyl (C=O) groups excluding carboxylic acids is 1. The van der Waals surface area contributed by atoms with Gasteiger partial charge in [-0.1, -0.05) is 37.3 Å². The Kier molecular flexibility index (Phi) is 3.43. The van der Waals surface area contributed by atoms with E-state index in [0.29, 0.717) is 23.9 Å². The third kappa shape index (κ3) is 2.82. The summed E-state index contributed by atoms with van der Waals surface area (Å²) in [6.07, 6.45) is 0.662. The second-order valence-corrected chi connectivity index (χ2v) is 5.09. The summed E-state index contributed by atoms with van der Waals surface area (Å²) in [6, 6.07) is 7.77. The molecule has 0 aromatic heterocycles. The van der Waals surface area contributed by atoms with E-state index in [0.717, 1.165) is 17.7 Å². The number of rotatable bonds is 3. The number of thiocarbonyl (C=S) groups is 1. The minimum absolute atomic E-state index is 0.234. The molecular formula is C13H16N2OS. The molecular weight excluding hydrogens is 232 g/mol. The zero-order chi connectivity index (χ0) is 12.4. The molecule has 0 bridgehead atoms. The maximum Gasteiger partial charge on any atom is 0.223 e. The maximum absolute atomic E-state index is 11.7. The molecule has 1 amide bonds. The van der Waals surface area contributed by atoms with Gasteiger partial charge in [0.2, 0.25) is 5.91 Å². The number of likely N-dealkylation sites (tertiary alicyclic amines) is 1. The van der Waals surface area contributed by atoms with Crippen LogP contribution in [-0.2, 0) is 11.3 Å². The van der Waals surface area contributed by atoms with Crippen LogP contribution in [0.5, 0.6) is 0 Å². The fourth-order valence-corrected chi connectivity index (χ4v) is 2.29. The van der Waals surface area contributed by atoms with Crippen LogP contribution in [0.1, 0.15) is 24.5 Å². The molecule has 1 atom stereocenters. The Morgan fingerprint density at radius 1 is 1.59 bits per heavy atom. The Balaban J connectivity index is 2.11. The molecule has 3 nitrogen and oxygen atoms in total. The molecule has 1 aliphatic heterocycles. The molecule has 1 aromatic rings. The highest BCUT2D eigenvalue weighted by Crippen LogP contribution is 2.19. The summed E-state index contributed by atoms with van der Waals surface area (Å²) in [5.41, 5.74) is 7.53. The van der Waals surface area contributed by atoms with Crippen molar-refractivity contribution >= 4 is 23.1 Å². The van der Waals surface area contributed by atoms with Crippen molar-refractivity contribution in [1.82, 2.24) is 4.90 Å². The lowest BCUT2D eigenvalue weighted by atomic mass is 10.1. The van der Waals surface area contributed by atoms with E-state index in [-0.39, 0.29) is 5.91 Å². The predicted molar refractivity (Wildman–Crippen MR) is 71.5 cm³/mol. The molecule has 1 unspecified atom stereocenters. The van der Waals surface area contributed by atoms with E-state index in [1.165, 1.54) is 0 Å². The van der Waals surface area contributed by atoms with E-state index >= 15 is 0 Å². The number of hydrogen-bond acceptors (Lipinski definition) is 2. The van der Waals surface area contributed by atoms with Gasteiger partial charge in [0.05, 0.1) is 0 Å². The first-order chi connectivity index (χ1) is 8.06. The minimum atomic E-state index is 0.234. The molecule has 2 N–H and O–H groups in total. The molecule has 1 heterocycles. The SMILES string of the molecule is CC1CC(=O)N(Cc2cccc(C(N)=S)c2)C1. The second kappa shape index (κ2) is 4.84. The first kappa shape index (κ1) is 12.0. The summed E-state index contributed by atoms with van der Waals surface area (Å²) in [7, 11) is 0. The number of nitrogens with two attached hydrogens (primary N) is 1. The molecule has 2 rings (SSSR count). The van der Waals surface area contributed by atoms with Crippen LogP contribution in [-0.4, -0.2) is 22.3 Å². The molecule has 0 radical (unpaired) electrons. The Bertz CT molecular complexity index is 458. The Morgan fingerprint density at radius 3 is 2.94 bits per heavy atom. The van der Waals surface area contributed by atoms with Crippen LogP contribution in [0, 0.1) is 5.92 Å². The van der Waals surface area contributed by atoms with Gasteiger partial charge >= 0.3 is 0 Å². The first-order valence-corrected chi connectivity index (χ1v) is 6.13. The van der Waals surface area contributed by atoms with Crippen LogP contribution in [0.2, 0.25) is 0 Å². The van der Waals surface area contributed by atoms with Gasteiger partial charge in [-0.2, -0.15) is 0 Å². The van der Waals surface area contributed by atoms with Crippen molar-refractivity contribution in [2.75, 3.05) is 6.54 Å². The number of nitrogens with zero attached hydrogens (tertiary/aromatic N) is 1. The van der Waals surface area contributed by atoms with E-state index in [1.54, 1.807) is 0 Å². The van der Waals surface area contributed by atoms with Crippen LogP contribution >= 0.6 is 12.2 Å². The average Bonchev–Trinajstić information content (AvgIpc) is 2.58. The van der Waals surface area contributed by atoms with Crippen molar-refractivity contribution in [3.63, 3.8) is 0 Å². The van der Waals surface area contributed by atoms with E-state index in [9.17, 15) is 4.79 Å². The van der Waals surface area contributed by atoms with Gasteiger partial charge in [-0.3, -0.25) is 4.79 Å². The molecule has 0 aliphatic carbocycles. The molecule has 90 valence electrons. The molecule has 1 aliphatic rings. The van der Waals surface area contributed by atoms with Crippen LogP contribution in [0.3, 0.4) is 0 Å². The maximum atomic E-state index is 11.7. The number of benzene rings is 1. The summed E-state index contributed by atoms with van der Waals surface area (Å²) in [4.78, 5) is 14.0. The van der Waals surface area contributed by atoms with Crippen molar-refractivity contribution in [3.05, 3.63) is 35.4 Å².